The lowest BCUT2D eigenvalue weighted by atomic mass is 9.91. The minimum absolute atomic E-state index is 0.250. The zero-order valence-corrected chi connectivity index (χ0v) is 11.0. The first-order valence-corrected chi connectivity index (χ1v) is 6.66. The van der Waals surface area contributed by atoms with Gasteiger partial charge in [0.05, 0.1) is 0 Å². The number of likely N-dealkylation sites (N-methyl/N-ethyl adjacent to an activating group) is 1. The molecule has 0 N–H and O–H groups in total. The molecule has 3 nitrogen and oxygen atoms in total. The molecule has 0 saturated carbocycles. The van der Waals surface area contributed by atoms with Gasteiger partial charge in [0.2, 0.25) is 5.78 Å². The Bertz CT molecular complexity index is 764. The summed E-state index contributed by atoms with van der Waals surface area (Å²) in [4.78, 5) is 12.6. The van der Waals surface area contributed by atoms with Gasteiger partial charge < -0.3 is 5.11 Å². The third-order valence-electron chi connectivity index (χ3n) is 4.41. The van der Waals surface area contributed by atoms with E-state index in [1.807, 2.05) is 48.5 Å². The second kappa shape index (κ2) is 3.64. The molecule has 2 aromatic carbocycles. The predicted octanol–water partition coefficient (Wildman–Crippen LogP) is 1.01. The molecular formula is C17H13NO2. The molecule has 0 amide bonds. The van der Waals surface area contributed by atoms with Crippen LogP contribution in [-0.2, 0) is 10.5 Å². The maximum absolute atomic E-state index is 13.1. The Hall–Kier alpha value is -2.26. The number of benzene rings is 2. The van der Waals surface area contributed by atoms with Crippen molar-refractivity contribution in [2.24, 2.45) is 0 Å². The summed E-state index contributed by atoms with van der Waals surface area (Å²) >= 11 is 0. The number of hydrogen-bond donors (Lipinski definition) is 0. The number of ketones is 1. The van der Waals surface area contributed by atoms with Gasteiger partial charge in [-0.15, -0.1) is 0 Å². The lowest BCUT2D eigenvalue weighted by molar-refractivity contribution is -0.756. The average Bonchev–Trinajstić information content (AvgIpc) is 2.83. The van der Waals surface area contributed by atoms with Crippen LogP contribution in [0.1, 0.15) is 22.6 Å². The van der Waals surface area contributed by atoms with E-state index in [0.717, 1.165) is 16.8 Å². The van der Waals surface area contributed by atoms with Crippen LogP contribution in [0.3, 0.4) is 0 Å². The fourth-order valence-electron chi connectivity index (χ4n) is 3.48. The van der Waals surface area contributed by atoms with Crippen LogP contribution in [0.4, 0.5) is 0 Å². The van der Waals surface area contributed by atoms with Crippen LogP contribution in [0.2, 0.25) is 0 Å². The Labute approximate surface area is 116 Å². The highest BCUT2D eigenvalue weighted by Gasteiger charge is 2.60. The highest BCUT2D eigenvalue weighted by Crippen LogP contribution is 2.46. The van der Waals surface area contributed by atoms with Crippen molar-refractivity contribution in [3.63, 3.8) is 0 Å². The van der Waals surface area contributed by atoms with Crippen LogP contribution >= 0.6 is 0 Å². The van der Waals surface area contributed by atoms with E-state index in [1.54, 1.807) is 17.7 Å². The number of fused-ring (bicyclic) bond motifs is 5. The van der Waals surface area contributed by atoms with E-state index < -0.39 is 11.6 Å². The molecule has 1 aliphatic heterocycles. The van der Waals surface area contributed by atoms with Crippen molar-refractivity contribution >= 4 is 11.5 Å². The van der Waals surface area contributed by atoms with Crippen molar-refractivity contribution in [3.8, 4) is 0 Å². The molecule has 0 radical (unpaired) electrons. The second-order valence-electron chi connectivity index (χ2n) is 5.34. The standard InChI is InChI=1S/C17H13NO2/c1-18-15(11-7-3-2-4-8-11)14-12-9-5-6-10-13(12)17(18,20)16(14)19/h2-10,14H,1H3/t14-,17+/m1/s1. The fraction of sp³-hybridized carbons (Fsp3) is 0.176. The van der Waals surface area contributed by atoms with E-state index >= 15 is 0 Å². The van der Waals surface area contributed by atoms with Crippen LogP contribution < -0.4 is 5.11 Å². The number of hydrogen-bond acceptors (Lipinski definition) is 2. The van der Waals surface area contributed by atoms with Gasteiger partial charge in [-0.2, -0.15) is 0 Å². The van der Waals surface area contributed by atoms with E-state index in [1.165, 1.54) is 0 Å². The van der Waals surface area contributed by atoms with E-state index in [2.05, 4.69) is 0 Å². The maximum atomic E-state index is 13.1. The summed E-state index contributed by atoms with van der Waals surface area (Å²) in [6.45, 7) is 0. The first-order chi connectivity index (χ1) is 9.65. The Balaban J connectivity index is 2.02. The number of rotatable bonds is 1. The number of nitrogens with zero attached hydrogens (tertiary/aromatic N) is 1. The van der Waals surface area contributed by atoms with E-state index in [0.29, 0.717) is 5.56 Å². The van der Waals surface area contributed by atoms with Gasteiger partial charge in [-0.3, -0.25) is 4.79 Å². The Morgan fingerprint density at radius 2 is 1.70 bits per heavy atom. The first kappa shape index (κ1) is 11.6. The zero-order valence-electron chi connectivity index (χ0n) is 11.0. The average molecular weight is 263 g/mol. The Morgan fingerprint density at radius 3 is 2.45 bits per heavy atom. The van der Waals surface area contributed by atoms with Crippen molar-refractivity contribution < 1.29 is 14.5 Å². The molecule has 1 aliphatic carbocycles. The third-order valence-corrected chi connectivity index (χ3v) is 4.41. The van der Waals surface area contributed by atoms with Gasteiger partial charge in [-0.1, -0.05) is 42.5 Å². The summed E-state index contributed by atoms with van der Waals surface area (Å²) in [5.41, 5.74) is 1.48. The Morgan fingerprint density at radius 1 is 1.05 bits per heavy atom. The van der Waals surface area contributed by atoms with Crippen molar-refractivity contribution in [3.05, 3.63) is 71.3 Å². The molecule has 0 unspecified atom stereocenters. The third kappa shape index (κ3) is 1.14. The molecule has 0 saturated heterocycles. The van der Waals surface area contributed by atoms with Crippen LogP contribution in [0.15, 0.2) is 54.6 Å². The van der Waals surface area contributed by atoms with Gasteiger partial charge in [-0.05, 0) is 17.7 Å². The fourth-order valence-corrected chi connectivity index (χ4v) is 3.48. The number of carbonyl (C=O) groups excluding carboxylic acids is 1. The molecule has 3 heteroatoms. The summed E-state index contributed by atoms with van der Waals surface area (Å²) < 4.78 is 1.61. The molecule has 4 rings (SSSR count). The first-order valence-electron chi connectivity index (χ1n) is 6.66. The lowest BCUT2D eigenvalue weighted by Gasteiger charge is -2.29. The minimum Gasteiger partial charge on any atom is -0.785 e. The molecule has 2 atom stereocenters. The monoisotopic (exact) mass is 263 g/mol. The second-order valence-corrected chi connectivity index (χ2v) is 5.34. The quantitative estimate of drug-likeness (QED) is 0.721. The molecule has 0 spiro atoms. The minimum atomic E-state index is -1.76. The van der Waals surface area contributed by atoms with Gasteiger partial charge in [-0.25, -0.2) is 4.58 Å². The topological polar surface area (TPSA) is 43.1 Å². The SMILES string of the molecule is C[N+]1=C(c2ccccc2)[C@@H]2C(=O)[C@@]1([O-])c1ccccc12. The molecule has 2 aromatic rings. The highest BCUT2D eigenvalue weighted by molar-refractivity contribution is 6.22. The number of carbonyl (C=O) groups is 1. The normalized spacial score (nSPS) is 27.1. The Kier molecular flexibility index (Phi) is 2.11. The summed E-state index contributed by atoms with van der Waals surface area (Å²) in [5.74, 6) is -0.670. The highest BCUT2D eigenvalue weighted by atomic mass is 16.3. The van der Waals surface area contributed by atoms with E-state index in [9.17, 15) is 9.90 Å². The number of Topliss-reactive ketones (excluding diaryl/α,β-unsaturated/α-hetero) is 1. The summed E-state index contributed by atoms with van der Waals surface area (Å²) in [6, 6.07) is 17.1. The molecule has 20 heavy (non-hydrogen) atoms. The van der Waals surface area contributed by atoms with Gasteiger partial charge in [0.15, 0.2) is 11.4 Å². The van der Waals surface area contributed by atoms with E-state index in [4.69, 9.17) is 0 Å². The van der Waals surface area contributed by atoms with Gasteiger partial charge >= 0.3 is 0 Å². The molecule has 0 fully saturated rings. The largest absolute Gasteiger partial charge is 0.785 e. The summed E-state index contributed by atoms with van der Waals surface area (Å²) in [5, 5.41) is 13.1. The summed E-state index contributed by atoms with van der Waals surface area (Å²) in [6.07, 6.45) is 0. The van der Waals surface area contributed by atoms with Crippen LogP contribution in [-0.4, -0.2) is 23.1 Å². The molecule has 2 bridgehead atoms. The smallest absolute Gasteiger partial charge is 0.210 e. The van der Waals surface area contributed by atoms with Crippen LogP contribution in [0.25, 0.3) is 0 Å². The van der Waals surface area contributed by atoms with Crippen molar-refractivity contribution in [2.45, 2.75) is 11.6 Å². The van der Waals surface area contributed by atoms with Gasteiger partial charge in [0.25, 0.3) is 0 Å². The van der Waals surface area contributed by atoms with Gasteiger partial charge in [0, 0.05) is 11.1 Å². The summed E-state index contributed by atoms with van der Waals surface area (Å²) in [7, 11) is 1.73. The molecule has 98 valence electrons. The van der Waals surface area contributed by atoms with Crippen molar-refractivity contribution in [1.82, 2.24) is 0 Å². The lowest BCUT2D eigenvalue weighted by Crippen LogP contribution is -2.51. The molecule has 2 aliphatic rings. The maximum Gasteiger partial charge on any atom is 0.210 e. The van der Waals surface area contributed by atoms with Crippen LogP contribution in [0.5, 0.6) is 0 Å². The van der Waals surface area contributed by atoms with Crippen LogP contribution in [0, 0.1) is 0 Å². The van der Waals surface area contributed by atoms with Gasteiger partial charge in [0.1, 0.15) is 13.0 Å². The van der Waals surface area contributed by atoms with Crippen molar-refractivity contribution in [2.75, 3.05) is 7.05 Å². The van der Waals surface area contributed by atoms with Crippen molar-refractivity contribution in [1.29, 1.82) is 0 Å². The predicted molar refractivity (Wildman–Crippen MR) is 72.6 cm³/mol. The molecular weight excluding hydrogens is 250 g/mol. The zero-order chi connectivity index (χ0) is 13.9. The molecule has 0 aromatic heterocycles. The molecule has 1 heterocycles. The van der Waals surface area contributed by atoms with E-state index in [-0.39, 0.29) is 5.78 Å².